The Labute approximate surface area is 151 Å². The lowest BCUT2D eigenvalue weighted by Gasteiger charge is -2.21. The molecule has 0 saturated heterocycles. The molecule has 0 unspecified atom stereocenters. The Balaban J connectivity index is 2.04. The Morgan fingerprint density at radius 1 is 0.480 bits per heavy atom. The van der Waals surface area contributed by atoms with Crippen molar-refractivity contribution in [3.63, 3.8) is 0 Å². The van der Waals surface area contributed by atoms with Crippen molar-refractivity contribution in [3.05, 3.63) is 95.6 Å². The first-order chi connectivity index (χ1) is 12.1. The van der Waals surface area contributed by atoms with Gasteiger partial charge in [-0.15, -0.1) is 0 Å². The molecule has 0 heterocycles. The van der Waals surface area contributed by atoms with Crippen LogP contribution in [-0.4, -0.2) is 28.2 Å². The molecule has 0 aromatic heterocycles. The van der Waals surface area contributed by atoms with E-state index < -0.39 is 0 Å². The minimum absolute atomic E-state index is 0.244. The summed E-state index contributed by atoms with van der Waals surface area (Å²) < 4.78 is 0. The Bertz CT molecular complexity index is 736. The van der Waals surface area contributed by atoms with Crippen LogP contribution in [0.5, 0.6) is 0 Å². The van der Waals surface area contributed by atoms with Crippen molar-refractivity contribution in [2.45, 2.75) is 5.92 Å². The standard InChI is InChI=1S/C23H26N2/c1-24(2)21-14-10-19(11-15-21)23(18-8-6-5-7-9-18)20-12-16-22(17-13-20)25(3)4/h5-17,23H,1-4H3. The van der Waals surface area contributed by atoms with Crippen molar-refractivity contribution < 1.29 is 0 Å². The van der Waals surface area contributed by atoms with E-state index in [1.54, 1.807) is 0 Å². The summed E-state index contributed by atoms with van der Waals surface area (Å²) in [4.78, 5) is 4.26. The van der Waals surface area contributed by atoms with E-state index in [2.05, 4.69) is 117 Å². The molecular formula is C23H26N2. The van der Waals surface area contributed by atoms with Gasteiger partial charge in [-0.05, 0) is 41.0 Å². The Hall–Kier alpha value is -2.74. The number of anilines is 2. The highest BCUT2D eigenvalue weighted by molar-refractivity contribution is 5.53. The molecule has 2 nitrogen and oxygen atoms in total. The van der Waals surface area contributed by atoms with Gasteiger partial charge < -0.3 is 9.80 Å². The minimum atomic E-state index is 0.244. The molecule has 0 spiro atoms. The Kier molecular flexibility index (Phi) is 5.08. The van der Waals surface area contributed by atoms with Gasteiger partial charge in [-0.25, -0.2) is 0 Å². The second-order valence-corrected chi connectivity index (χ2v) is 6.82. The van der Waals surface area contributed by atoms with E-state index >= 15 is 0 Å². The van der Waals surface area contributed by atoms with Crippen molar-refractivity contribution in [1.82, 2.24) is 0 Å². The summed E-state index contributed by atoms with van der Waals surface area (Å²) in [5.74, 6) is 0.244. The van der Waals surface area contributed by atoms with Crippen molar-refractivity contribution in [1.29, 1.82) is 0 Å². The molecule has 2 heteroatoms. The Morgan fingerprint density at radius 2 is 0.840 bits per heavy atom. The molecule has 0 aliphatic rings. The van der Waals surface area contributed by atoms with Crippen LogP contribution in [0.3, 0.4) is 0 Å². The summed E-state index contributed by atoms with van der Waals surface area (Å²) in [5.41, 5.74) is 6.39. The highest BCUT2D eigenvalue weighted by Crippen LogP contribution is 2.33. The van der Waals surface area contributed by atoms with Crippen LogP contribution in [0.15, 0.2) is 78.9 Å². The average Bonchev–Trinajstić information content (AvgIpc) is 2.64. The topological polar surface area (TPSA) is 6.48 Å². The third kappa shape index (κ3) is 3.85. The molecule has 25 heavy (non-hydrogen) atoms. The molecule has 3 rings (SSSR count). The zero-order valence-electron chi connectivity index (χ0n) is 15.5. The zero-order chi connectivity index (χ0) is 17.8. The molecule has 0 aliphatic carbocycles. The molecule has 0 saturated carbocycles. The normalized spacial score (nSPS) is 10.8. The number of rotatable bonds is 5. The fraction of sp³-hybridized carbons (Fsp3) is 0.217. The molecule has 0 fully saturated rings. The lowest BCUT2D eigenvalue weighted by atomic mass is 9.85. The van der Waals surface area contributed by atoms with Gasteiger partial charge in [0.1, 0.15) is 0 Å². The van der Waals surface area contributed by atoms with Crippen molar-refractivity contribution in [3.8, 4) is 0 Å². The van der Waals surface area contributed by atoms with Crippen LogP contribution in [0.4, 0.5) is 11.4 Å². The van der Waals surface area contributed by atoms with Crippen LogP contribution in [-0.2, 0) is 0 Å². The van der Waals surface area contributed by atoms with E-state index in [1.807, 2.05) is 0 Å². The minimum Gasteiger partial charge on any atom is -0.378 e. The zero-order valence-corrected chi connectivity index (χ0v) is 15.5. The highest BCUT2D eigenvalue weighted by Gasteiger charge is 2.16. The second-order valence-electron chi connectivity index (χ2n) is 6.82. The number of hydrogen-bond acceptors (Lipinski definition) is 2. The maximum Gasteiger partial charge on any atom is 0.0361 e. The first-order valence-corrected chi connectivity index (χ1v) is 8.66. The molecule has 3 aromatic rings. The van der Waals surface area contributed by atoms with Gasteiger partial charge in [0.25, 0.3) is 0 Å². The molecule has 3 aromatic carbocycles. The van der Waals surface area contributed by atoms with Crippen LogP contribution < -0.4 is 9.80 Å². The first-order valence-electron chi connectivity index (χ1n) is 8.66. The van der Waals surface area contributed by atoms with Gasteiger partial charge in [0.05, 0.1) is 0 Å². The van der Waals surface area contributed by atoms with Gasteiger partial charge >= 0.3 is 0 Å². The maximum atomic E-state index is 2.24. The van der Waals surface area contributed by atoms with Gasteiger partial charge in [0, 0.05) is 45.5 Å². The van der Waals surface area contributed by atoms with Crippen molar-refractivity contribution >= 4 is 11.4 Å². The lowest BCUT2D eigenvalue weighted by Crippen LogP contribution is -2.10. The van der Waals surface area contributed by atoms with Crippen molar-refractivity contribution in [2.75, 3.05) is 38.0 Å². The maximum absolute atomic E-state index is 2.24. The lowest BCUT2D eigenvalue weighted by molar-refractivity contribution is 0.973. The van der Waals surface area contributed by atoms with Gasteiger partial charge in [-0.1, -0.05) is 54.6 Å². The monoisotopic (exact) mass is 330 g/mol. The fourth-order valence-electron chi connectivity index (χ4n) is 3.15. The number of nitrogens with zero attached hydrogens (tertiary/aromatic N) is 2. The summed E-state index contributed by atoms with van der Waals surface area (Å²) in [6, 6.07) is 28.5. The summed E-state index contributed by atoms with van der Waals surface area (Å²) in [7, 11) is 8.29. The summed E-state index contributed by atoms with van der Waals surface area (Å²) >= 11 is 0. The van der Waals surface area contributed by atoms with Crippen LogP contribution >= 0.6 is 0 Å². The van der Waals surface area contributed by atoms with E-state index in [0.29, 0.717) is 0 Å². The van der Waals surface area contributed by atoms with Gasteiger partial charge in [-0.2, -0.15) is 0 Å². The summed E-state index contributed by atoms with van der Waals surface area (Å²) in [6.45, 7) is 0. The van der Waals surface area contributed by atoms with E-state index in [-0.39, 0.29) is 5.92 Å². The predicted octanol–water partition coefficient (Wildman–Crippen LogP) is 5.00. The molecule has 0 N–H and O–H groups in total. The quantitative estimate of drug-likeness (QED) is 0.608. The van der Waals surface area contributed by atoms with Crippen LogP contribution in [0.25, 0.3) is 0 Å². The summed E-state index contributed by atoms with van der Waals surface area (Å²) in [6.07, 6.45) is 0. The first kappa shape index (κ1) is 17.1. The van der Waals surface area contributed by atoms with Gasteiger partial charge in [0.2, 0.25) is 0 Å². The molecule has 128 valence electrons. The largest absolute Gasteiger partial charge is 0.378 e. The van der Waals surface area contributed by atoms with E-state index in [0.717, 1.165) is 0 Å². The number of hydrogen-bond donors (Lipinski definition) is 0. The van der Waals surface area contributed by atoms with Crippen LogP contribution in [0, 0.1) is 0 Å². The second kappa shape index (κ2) is 7.43. The predicted molar refractivity (Wildman–Crippen MR) is 109 cm³/mol. The van der Waals surface area contributed by atoms with Crippen LogP contribution in [0.2, 0.25) is 0 Å². The summed E-state index contributed by atoms with van der Waals surface area (Å²) in [5, 5.41) is 0. The average molecular weight is 330 g/mol. The molecule has 0 amide bonds. The SMILES string of the molecule is CN(C)c1ccc(C(c2ccccc2)c2ccc(N(C)C)cc2)cc1. The third-order valence-electron chi connectivity index (χ3n) is 4.62. The highest BCUT2D eigenvalue weighted by atomic mass is 15.1. The molecule has 0 radical (unpaired) electrons. The molecule has 0 bridgehead atoms. The number of benzene rings is 3. The fourth-order valence-corrected chi connectivity index (χ4v) is 3.15. The van der Waals surface area contributed by atoms with Crippen LogP contribution in [0.1, 0.15) is 22.6 Å². The third-order valence-corrected chi connectivity index (χ3v) is 4.62. The smallest absolute Gasteiger partial charge is 0.0361 e. The van der Waals surface area contributed by atoms with Crippen molar-refractivity contribution in [2.24, 2.45) is 0 Å². The van der Waals surface area contributed by atoms with E-state index in [4.69, 9.17) is 0 Å². The molecule has 0 aliphatic heterocycles. The molecule has 0 atom stereocenters. The molecular weight excluding hydrogens is 304 g/mol. The van der Waals surface area contributed by atoms with E-state index in [9.17, 15) is 0 Å². The van der Waals surface area contributed by atoms with Gasteiger partial charge in [0.15, 0.2) is 0 Å². The Morgan fingerprint density at radius 3 is 1.20 bits per heavy atom. The van der Waals surface area contributed by atoms with Gasteiger partial charge in [-0.3, -0.25) is 0 Å². The van der Waals surface area contributed by atoms with E-state index in [1.165, 1.54) is 28.1 Å².